The molecular formula is C26H25N7O5. The quantitative estimate of drug-likeness (QED) is 0.390. The average molecular weight is 516 g/mol. The van der Waals surface area contributed by atoms with Crippen molar-refractivity contribution in [3.63, 3.8) is 0 Å². The predicted molar refractivity (Wildman–Crippen MR) is 133 cm³/mol. The van der Waals surface area contributed by atoms with Gasteiger partial charge in [0.2, 0.25) is 5.88 Å². The first-order valence-corrected chi connectivity index (χ1v) is 12.4. The summed E-state index contributed by atoms with van der Waals surface area (Å²) in [4.78, 5) is 24.8. The lowest BCUT2D eigenvalue weighted by Crippen LogP contribution is -2.41. The van der Waals surface area contributed by atoms with Crippen molar-refractivity contribution in [2.24, 2.45) is 0 Å². The normalized spacial score (nSPS) is 22.3. The van der Waals surface area contributed by atoms with E-state index in [-0.39, 0.29) is 30.7 Å². The van der Waals surface area contributed by atoms with Crippen LogP contribution in [0.2, 0.25) is 0 Å². The molecular weight excluding hydrogens is 490 g/mol. The van der Waals surface area contributed by atoms with E-state index in [2.05, 4.69) is 20.7 Å². The number of carbonyl (C=O) groups excluding carboxylic acids is 1. The Morgan fingerprint density at radius 1 is 1.16 bits per heavy atom. The summed E-state index contributed by atoms with van der Waals surface area (Å²) in [5.74, 6) is 1.63. The third kappa shape index (κ3) is 3.93. The maximum atomic E-state index is 12.9. The van der Waals surface area contributed by atoms with Crippen LogP contribution in [0.1, 0.15) is 34.3 Å². The lowest BCUT2D eigenvalue weighted by Gasteiger charge is -2.26. The molecule has 1 aromatic carbocycles. The maximum Gasteiger partial charge on any atom is 0.255 e. The van der Waals surface area contributed by atoms with Crippen LogP contribution in [0.4, 0.5) is 0 Å². The molecule has 3 aromatic heterocycles. The second kappa shape index (κ2) is 9.31. The number of rotatable bonds is 7. The number of fused-ring (bicyclic) bond motifs is 5. The molecule has 6 heterocycles. The first-order chi connectivity index (χ1) is 18.7. The minimum Gasteiger partial charge on any atom is -0.470 e. The Kier molecular flexibility index (Phi) is 5.64. The van der Waals surface area contributed by atoms with E-state index in [1.54, 1.807) is 23.9 Å². The minimum atomic E-state index is -0.346. The summed E-state index contributed by atoms with van der Waals surface area (Å²) in [5, 5.41) is 15.1. The molecule has 0 radical (unpaired) electrons. The smallest absolute Gasteiger partial charge is 0.255 e. The van der Waals surface area contributed by atoms with Crippen LogP contribution >= 0.6 is 0 Å². The van der Waals surface area contributed by atoms with Crippen LogP contribution < -0.4 is 10.2 Å². The lowest BCUT2D eigenvalue weighted by atomic mass is 10.2. The standard InChI is InChI=1S/C26H25N7O5/c1-35-14-19-9-22(31-38-19)24-29-28-23-20-4-2-3-5-21(20)25(30-33(23)24)37-12-16-7-6-15(10-27-16)26(34)32-11-18-8-17(32)13-36-18/h2-7,9-10,17-18,22,31H,8,11-14H2,1H3/t17-,18-,22?/m0/s1. The van der Waals surface area contributed by atoms with Gasteiger partial charge in [-0.2, -0.15) is 4.52 Å². The van der Waals surface area contributed by atoms with Crippen LogP contribution in [0.25, 0.3) is 16.4 Å². The fourth-order valence-electron chi connectivity index (χ4n) is 5.20. The number of carbonyl (C=O) groups is 1. The average Bonchev–Trinajstić information content (AvgIpc) is 3.76. The van der Waals surface area contributed by atoms with Crippen molar-refractivity contribution in [3.05, 3.63) is 71.5 Å². The molecule has 3 aliphatic heterocycles. The van der Waals surface area contributed by atoms with Gasteiger partial charge in [-0.1, -0.05) is 18.2 Å². The molecule has 4 aromatic rings. The van der Waals surface area contributed by atoms with Gasteiger partial charge in [0, 0.05) is 30.6 Å². The maximum absolute atomic E-state index is 12.9. The highest BCUT2D eigenvalue weighted by atomic mass is 16.7. The largest absolute Gasteiger partial charge is 0.470 e. The van der Waals surface area contributed by atoms with Gasteiger partial charge in [0.25, 0.3) is 5.91 Å². The SMILES string of the molecule is COCC1=CC(c2nnc3c4ccccc4c(OCc4ccc(C(=O)N5C[C@@H]6C[C@H]5CO6)cn4)nn23)NO1. The summed E-state index contributed by atoms with van der Waals surface area (Å²) >= 11 is 0. The van der Waals surface area contributed by atoms with Gasteiger partial charge in [0.1, 0.15) is 25.0 Å². The molecule has 2 bridgehead atoms. The van der Waals surface area contributed by atoms with Crippen molar-refractivity contribution in [2.75, 3.05) is 26.9 Å². The van der Waals surface area contributed by atoms with Crippen molar-refractivity contribution in [1.82, 2.24) is 35.2 Å². The molecule has 194 valence electrons. The van der Waals surface area contributed by atoms with Gasteiger partial charge in [0.05, 0.1) is 30.0 Å². The molecule has 0 aliphatic carbocycles. The van der Waals surface area contributed by atoms with Gasteiger partial charge < -0.3 is 23.9 Å². The van der Waals surface area contributed by atoms with Gasteiger partial charge in [-0.15, -0.1) is 20.8 Å². The number of aromatic nitrogens is 5. The van der Waals surface area contributed by atoms with Crippen molar-refractivity contribution in [1.29, 1.82) is 0 Å². The Morgan fingerprint density at radius 3 is 2.82 bits per heavy atom. The Balaban J connectivity index is 1.13. The number of benzene rings is 1. The van der Waals surface area contributed by atoms with Gasteiger partial charge in [-0.3, -0.25) is 9.78 Å². The van der Waals surface area contributed by atoms with E-state index in [4.69, 9.17) is 24.1 Å². The summed E-state index contributed by atoms with van der Waals surface area (Å²) in [6.07, 6.45) is 4.57. The van der Waals surface area contributed by atoms with Crippen LogP contribution in [-0.4, -0.2) is 74.6 Å². The number of morpholine rings is 1. The Hall–Kier alpha value is -4.13. The van der Waals surface area contributed by atoms with Crippen LogP contribution in [-0.2, 0) is 20.9 Å². The molecule has 2 fully saturated rings. The number of hydrogen-bond acceptors (Lipinski definition) is 10. The van der Waals surface area contributed by atoms with Crippen LogP contribution in [0.15, 0.2) is 54.4 Å². The van der Waals surface area contributed by atoms with E-state index in [9.17, 15) is 4.79 Å². The minimum absolute atomic E-state index is 0.00812. The van der Waals surface area contributed by atoms with Gasteiger partial charge in [-0.05, 0) is 30.7 Å². The van der Waals surface area contributed by atoms with Crippen LogP contribution in [0.3, 0.4) is 0 Å². The summed E-state index contributed by atoms with van der Waals surface area (Å²) in [6, 6.07) is 11.2. The fourth-order valence-corrected chi connectivity index (χ4v) is 5.20. The highest BCUT2D eigenvalue weighted by Gasteiger charge is 2.41. The zero-order chi connectivity index (χ0) is 25.6. The van der Waals surface area contributed by atoms with Crippen LogP contribution in [0, 0.1) is 0 Å². The number of likely N-dealkylation sites (tertiary alicyclic amines) is 1. The molecule has 1 N–H and O–H groups in total. The van der Waals surface area contributed by atoms with E-state index >= 15 is 0 Å². The summed E-state index contributed by atoms with van der Waals surface area (Å²) < 4.78 is 18.6. The lowest BCUT2D eigenvalue weighted by molar-refractivity contribution is 0.0259. The van der Waals surface area contributed by atoms with Gasteiger partial charge in [-0.25, -0.2) is 0 Å². The number of methoxy groups -OCH3 is 1. The van der Waals surface area contributed by atoms with E-state index in [1.165, 1.54) is 0 Å². The molecule has 12 heteroatoms. The second-order valence-corrected chi connectivity index (χ2v) is 9.54. The predicted octanol–water partition coefficient (Wildman–Crippen LogP) is 1.97. The molecule has 3 atom stereocenters. The van der Waals surface area contributed by atoms with E-state index in [0.29, 0.717) is 54.1 Å². The van der Waals surface area contributed by atoms with Crippen molar-refractivity contribution < 1.29 is 23.8 Å². The number of nitrogens with one attached hydrogen (secondary N) is 1. The first-order valence-electron chi connectivity index (χ1n) is 12.4. The van der Waals surface area contributed by atoms with Gasteiger partial charge in [0.15, 0.2) is 11.5 Å². The molecule has 12 nitrogen and oxygen atoms in total. The monoisotopic (exact) mass is 515 g/mol. The summed E-state index contributed by atoms with van der Waals surface area (Å²) in [7, 11) is 1.61. The molecule has 3 aliphatic rings. The van der Waals surface area contributed by atoms with E-state index < -0.39 is 0 Å². The number of pyridine rings is 1. The molecule has 2 saturated heterocycles. The number of nitrogens with zero attached hydrogens (tertiary/aromatic N) is 6. The van der Waals surface area contributed by atoms with Crippen molar-refractivity contribution in [3.8, 4) is 5.88 Å². The second-order valence-electron chi connectivity index (χ2n) is 9.54. The van der Waals surface area contributed by atoms with E-state index in [0.717, 1.165) is 17.2 Å². The van der Waals surface area contributed by atoms with E-state index in [1.807, 2.05) is 41.3 Å². The molecule has 1 amide bonds. The molecule has 7 rings (SSSR count). The van der Waals surface area contributed by atoms with Crippen LogP contribution in [0.5, 0.6) is 5.88 Å². The highest BCUT2D eigenvalue weighted by Crippen LogP contribution is 2.30. The summed E-state index contributed by atoms with van der Waals surface area (Å²) in [5.41, 5.74) is 4.79. The zero-order valence-electron chi connectivity index (χ0n) is 20.6. The number of hydrogen-bond donors (Lipinski definition) is 1. The topological polar surface area (TPSA) is 125 Å². The zero-order valence-corrected chi connectivity index (χ0v) is 20.6. The Bertz CT molecular complexity index is 1550. The fraction of sp³-hybridized carbons (Fsp3) is 0.346. The van der Waals surface area contributed by atoms with Crippen molar-refractivity contribution >= 4 is 22.3 Å². The first kappa shape index (κ1) is 23.0. The summed E-state index contributed by atoms with van der Waals surface area (Å²) in [6.45, 7) is 1.78. The van der Waals surface area contributed by atoms with Crippen molar-refractivity contribution in [2.45, 2.75) is 31.2 Å². The number of hydroxylamine groups is 1. The number of ether oxygens (including phenoxy) is 3. The molecule has 38 heavy (non-hydrogen) atoms. The van der Waals surface area contributed by atoms with Gasteiger partial charge >= 0.3 is 0 Å². The molecule has 0 saturated carbocycles. The number of amides is 1. The Morgan fingerprint density at radius 2 is 2.05 bits per heavy atom. The third-order valence-corrected chi connectivity index (χ3v) is 7.08. The molecule has 1 unspecified atom stereocenters. The Labute approximate surface area is 217 Å². The highest BCUT2D eigenvalue weighted by molar-refractivity contribution is 5.96. The molecule has 0 spiro atoms. The third-order valence-electron chi connectivity index (χ3n) is 7.08.